The number of esters is 2. The van der Waals surface area contributed by atoms with Crippen molar-refractivity contribution in [3.05, 3.63) is 0 Å². The first kappa shape index (κ1) is 43.8. The van der Waals surface area contributed by atoms with Crippen molar-refractivity contribution in [3.8, 4) is 0 Å². The van der Waals surface area contributed by atoms with E-state index in [1.807, 2.05) is 0 Å². The Morgan fingerprint density at radius 1 is 0.556 bits per heavy atom. The van der Waals surface area contributed by atoms with E-state index < -0.39 is 24.1 Å². The molecule has 0 fully saturated rings. The van der Waals surface area contributed by atoms with E-state index in [2.05, 4.69) is 27.7 Å². The maximum Gasteiger partial charge on any atom is 0.308 e. The Balaban J connectivity index is 4.60. The fraction of sp³-hybridized carbons (Fsp3) is 0.946. The number of aliphatic hydroxyl groups excluding tert-OH is 3. The van der Waals surface area contributed by atoms with Crippen molar-refractivity contribution in [2.75, 3.05) is 39.5 Å². The molecule has 8 heteroatoms. The molecule has 0 bridgehead atoms. The molecule has 0 saturated heterocycles. The Kier molecular flexibility index (Phi) is 30.5. The van der Waals surface area contributed by atoms with Gasteiger partial charge in [-0.3, -0.25) is 14.5 Å². The number of ether oxygens (including phenoxy) is 2. The number of nitrogens with zero attached hydrogens (tertiary/aromatic N) is 1. The smallest absolute Gasteiger partial charge is 0.308 e. The normalized spacial score (nSPS) is 13.1. The molecular formula is C37H73NO7. The Hall–Kier alpha value is -1.22. The molecule has 0 heterocycles. The van der Waals surface area contributed by atoms with Crippen molar-refractivity contribution in [1.29, 1.82) is 0 Å². The zero-order valence-electron chi connectivity index (χ0n) is 29.8. The minimum Gasteiger partial charge on any atom is -0.466 e. The fourth-order valence-electron chi connectivity index (χ4n) is 6.06. The highest BCUT2D eigenvalue weighted by atomic mass is 16.5. The Morgan fingerprint density at radius 3 is 1.22 bits per heavy atom. The van der Waals surface area contributed by atoms with E-state index in [0.717, 1.165) is 12.8 Å². The van der Waals surface area contributed by atoms with Gasteiger partial charge in [-0.15, -0.1) is 0 Å². The first-order valence-electron chi connectivity index (χ1n) is 18.8. The summed E-state index contributed by atoms with van der Waals surface area (Å²) in [4.78, 5) is 26.7. The number of carbonyl (C=O) groups is 2. The highest BCUT2D eigenvalue weighted by Crippen LogP contribution is 2.22. The second-order valence-electron chi connectivity index (χ2n) is 13.3. The van der Waals surface area contributed by atoms with Gasteiger partial charge in [0.2, 0.25) is 0 Å². The predicted octanol–water partition coefficient (Wildman–Crippen LogP) is 7.59. The number of carbonyl (C=O) groups excluding carboxylic acids is 2. The zero-order valence-corrected chi connectivity index (χ0v) is 29.8. The molecule has 0 spiro atoms. The average molecular weight is 644 g/mol. The Bertz CT molecular complexity index is 605. The molecule has 0 aromatic rings. The number of hydrogen-bond acceptors (Lipinski definition) is 8. The third-order valence-corrected chi connectivity index (χ3v) is 8.82. The van der Waals surface area contributed by atoms with Crippen molar-refractivity contribution in [2.45, 2.75) is 175 Å². The lowest BCUT2D eigenvalue weighted by Crippen LogP contribution is -2.40. The SMILES string of the molecule is CCCCCC(CCCCC)CCOC(=O)CC(O)CN(CCCO)CC(O)CC(=O)OCCC(CCCCC)CCCCC. The summed E-state index contributed by atoms with van der Waals surface area (Å²) in [6.45, 7) is 10.3. The summed E-state index contributed by atoms with van der Waals surface area (Å²) in [7, 11) is 0. The molecule has 2 atom stereocenters. The first-order chi connectivity index (χ1) is 21.8. The molecule has 3 N–H and O–H groups in total. The van der Waals surface area contributed by atoms with Crippen molar-refractivity contribution in [1.82, 2.24) is 4.90 Å². The topological polar surface area (TPSA) is 117 Å². The minimum absolute atomic E-state index is 0.0257. The van der Waals surface area contributed by atoms with Crippen LogP contribution in [0.4, 0.5) is 0 Å². The lowest BCUT2D eigenvalue weighted by Gasteiger charge is -2.26. The predicted molar refractivity (Wildman–Crippen MR) is 184 cm³/mol. The van der Waals surface area contributed by atoms with Crippen LogP contribution in [-0.2, 0) is 19.1 Å². The molecular weight excluding hydrogens is 570 g/mol. The van der Waals surface area contributed by atoms with E-state index in [9.17, 15) is 24.9 Å². The lowest BCUT2D eigenvalue weighted by molar-refractivity contribution is -0.146. The third kappa shape index (κ3) is 27.6. The van der Waals surface area contributed by atoms with Gasteiger partial charge in [-0.1, -0.05) is 130 Å². The van der Waals surface area contributed by atoms with E-state index in [-0.39, 0.29) is 32.5 Å². The fourth-order valence-corrected chi connectivity index (χ4v) is 6.06. The highest BCUT2D eigenvalue weighted by Gasteiger charge is 2.21. The van der Waals surface area contributed by atoms with Crippen LogP contribution in [0.3, 0.4) is 0 Å². The van der Waals surface area contributed by atoms with Crippen molar-refractivity contribution in [3.63, 3.8) is 0 Å². The quantitative estimate of drug-likeness (QED) is 0.0495. The summed E-state index contributed by atoms with van der Waals surface area (Å²) in [6, 6.07) is 0. The maximum absolute atomic E-state index is 12.5. The summed E-state index contributed by atoms with van der Waals surface area (Å²) < 4.78 is 11.0. The summed E-state index contributed by atoms with van der Waals surface area (Å²) >= 11 is 0. The molecule has 0 rings (SSSR count). The molecule has 0 aliphatic rings. The monoisotopic (exact) mass is 644 g/mol. The number of unbranched alkanes of at least 4 members (excludes halogenated alkanes) is 8. The van der Waals surface area contributed by atoms with Crippen molar-refractivity contribution >= 4 is 11.9 Å². The first-order valence-corrected chi connectivity index (χ1v) is 18.8. The summed E-state index contributed by atoms with van der Waals surface area (Å²) in [5.41, 5.74) is 0. The van der Waals surface area contributed by atoms with Crippen LogP contribution >= 0.6 is 0 Å². The zero-order chi connectivity index (χ0) is 33.5. The van der Waals surface area contributed by atoms with Gasteiger partial charge in [0.25, 0.3) is 0 Å². The third-order valence-electron chi connectivity index (χ3n) is 8.82. The van der Waals surface area contributed by atoms with Gasteiger partial charge in [0, 0.05) is 26.2 Å². The van der Waals surface area contributed by atoms with Gasteiger partial charge in [-0.2, -0.15) is 0 Å². The summed E-state index contributed by atoms with van der Waals surface area (Å²) in [6.07, 6.45) is 19.3. The van der Waals surface area contributed by atoms with Crippen LogP contribution in [0.15, 0.2) is 0 Å². The van der Waals surface area contributed by atoms with Crippen molar-refractivity contribution in [2.24, 2.45) is 11.8 Å². The van der Waals surface area contributed by atoms with Crippen LogP contribution in [-0.4, -0.2) is 83.8 Å². The molecule has 0 aliphatic heterocycles. The van der Waals surface area contributed by atoms with Gasteiger partial charge >= 0.3 is 11.9 Å². The largest absolute Gasteiger partial charge is 0.466 e. The molecule has 0 radical (unpaired) electrons. The van der Waals surface area contributed by atoms with Gasteiger partial charge in [-0.25, -0.2) is 0 Å². The van der Waals surface area contributed by atoms with E-state index in [0.29, 0.717) is 38.0 Å². The van der Waals surface area contributed by atoms with Crippen LogP contribution in [0.5, 0.6) is 0 Å². The van der Waals surface area contributed by atoms with Gasteiger partial charge in [0.1, 0.15) is 0 Å². The molecule has 0 amide bonds. The molecule has 8 nitrogen and oxygen atoms in total. The van der Waals surface area contributed by atoms with Gasteiger partial charge in [0.15, 0.2) is 0 Å². The molecule has 0 aromatic carbocycles. The molecule has 2 unspecified atom stereocenters. The molecule has 45 heavy (non-hydrogen) atoms. The van der Waals surface area contributed by atoms with E-state index in [1.165, 1.54) is 103 Å². The number of rotatable bonds is 33. The van der Waals surface area contributed by atoms with Gasteiger partial charge < -0.3 is 24.8 Å². The van der Waals surface area contributed by atoms with Crippen molar-refractivity contribution < 1.29 is 34.4 Å². The van der Waals surface area contributed by atoms with Crippen LogP contribution < -0.4 is 0 Å². The second-order valence-corrected chi connectivity index (χ2v) is 13.3. The van der Waals surface area contributed by atoms with Crippen LogP contribution in [0.1, 0.15) is 163 Å². The van der Waals surface area contributed by atoms with Gasteiger partial charge in [-0.05, 0) is 31.1 Å². The van der Waals surface area contributed by atoms with Crippen LogP contribution in [0.25, 0.3) is 0 Å². The van der Waals surface area contributed by atoms with Gasteiger partial charge in [0.05, 0.1) is 38.3 Å². The maximum atomic E-state index is 12.5. The molecule has 0 saturated carbocycles. The Morgan fingerprint density at radius 2 is 0.911 bits per heavy atom. The van der Waals surface area contributed by atoms with Crippen LogP contribution in [0, 0.1) is 11.8 Å². The van der Waals surface area contributed by atoms with E-state index >= 15 is 0 Å². The van der Waals surface area contributed by atoms with Crippen LogP contribution in [0.2, 0.25) is 0 Å². The minimum atomic E-state index is -0.961. The Labute approximate surface area is 277 Å². The molecule has 268 valence electrons. The van der Waals surface area contributed by atoms with E-state index in [1.54, 1.807) is 4.90 Å². The number of aliphatic hydroxyl groups is 3. The second kappa shape index (κ2) is 31.4. The molecule has 0 aromatic heterocycles. The van der Waals surface area contributed by atoms with E-state index in [4.69, 9.17) is 9.47 Å². The number of hydrogen-bond donors (Lipinski definition) is 3. The summed E-state index contributed by atoms with van der Waals surface area (Å²) in [5.74, 6) is 0.302. The summed E-state index contributed by atoms with van der Waals surface area (Å²) in [5, 5.41) is 30.6. The molecule has 0 aliphatic carbocycles. The lowest BCUT2D eigenvalue weighted by atomic mass is 9.92. The standard InChI is InChI=1S/C37H73NO7/c1-5-9-13-18-32(19-14-10-6-2)22-26-44-36(42)28-34(40)30-38(24-17-25-39)31-35(41)29-37(43)45-27-23-33(20-15-11-7-3)21-16-12-8-4/h32-35,39-41H,5-31H2,1-4H3. The average Bonchev–Trinajstić information content (AvgIpc) is 2.99. The highest BCUT2D eigenvalue weighted by molar-refractivity contribution is 5.70.